The number of H-pyrrole nitrogens is 1. The van der Waals surface area contributed by atoms with Crippen LogP contribution in [0.25, 0.3) is 22.2 Å². The van der Waals surface area contributed by atoms with Crippen LogP contribution in [0.5, 0.6) is 5.75 Å². The number of benzene rings is 4. The molecule has 2 aliphatic rings. The summed E-state index contributed by atoms with van der Waals surface area (Å²) < 4.78 is 7.87. The summed E-state index contributed by atoms with van der Waals surface area (Å²) in [6.45, 7) is 3.16. The van der Waals surface area contributed by atoms with Crippen molar-refractivity contribution >= 4 is 39.9 Å². The SMILES string of the molecule is COc1ccc2[nH]cc(CCn3c4c(c(C5C(=O)N(Cc6ccccc6)c6ccc(Cl)cc65)c3-c3ccc(C)cc3)C(=O)CCC4)c2c1. The Morgan fingerprint density at radius 2 is 1.75 bits per heavy atom. The fourth-order valence-electron chi connectivity index (χ4n) is 7.69. The third-order valence-corrected chi connectivity index (χ3v) is 10.2. The lowest BCUT2D eigenvalue weighted by Gasteiger charge is -2.20. The van der Waals surface area contributed by atoms with Crippen LogP contribution >= 0.6 is 11.6 Å². The Balaban J connectivity index is 1.32. The van der Waals surface area contributed by atoms with Gasteiger partial charge in [-0.3, -0.25) is 9.59 Å². The normalized spacial score (nSPS) is 15.6. The number of hydrogen-bond acceptors (Lipinski definition) is 3. The summed E-state index contributed by atoms with van der Waals surface area (Å²) in [4.78, 5) is 34.2. The summed E-state index contributed by atoms with van der Waals surface area (Å²) in [6, 6.07) is 30.3. The lowest BCUT2D eigenvalue weighted by Crippen LogP contribution is -2.29. The van der Waals surface area contributed by atoms with E-state index in [0.717, 1.165) is 80.8 Å². The summed E-state index contributed by atoms with van der Waals surface area (Å²) in [5, 5.41) is 1.69. The maximum Gasteiger partial charge on any atom is 0.239 e. The topological polar surface area (TPSA) is 67.3 Å². The van der Waals surface area contributed by atoms with Crippen LogP contribution < -0.4 is 9.64 Å². The summed E-state index contributed by atoms with van der Waals surface area (Å²) in [7, 11) is 1.68. The highest BCUT2D eigenvalue weighted by Crippen LogP contribution is 2.49. The fourth-order valence-corrected chi connectivity index (χ4v) is 7.87. The highest BCUT2D eigenvalue weighted by atomic mass is 35.5. The van der Waals surface area contributed by atoms with Gasteiger partial charge in [0, 0.05) is 57.6 Å². The number of aryl methyl sites for hydroxylation is 2. The van der Waals surface area contributed by atoms with E-state index in [1.54, 1.807) is 7.11 Å². The van der Waals surface area contributed by atoms with E-state index in [9.17, 15) is 9.59 Å². The molecule has 8 rings (SSSR count). The Kier molecular flexibility index (Phi) is 7.68. The molecule has 4 aromatic carbocycles. The van der Waals surface area contributed by atoms with E-state index in [-0.39, 0.29) is 11.7 Å². The molecule has 2 aromatic heterocycles. The Labute approximate surface area is 284 Å². The molecule has 6 nitrogen and oxygen atoms in total. The Hall–Kier alpha value is -5.07. The number of anilines is 1. The molecule has 1 unspecified atom stereocenters. The van der Waals surface area contributed by atoms with Gasteiger partial charge >= 0.3 is 0 Å². The summed E-state index contributed by atoms with van der Waals surface area (Å²) in [5.41, 5.74) is 10.6. The van der Waals surface area contributed by atoms with Gasteiger partial charge in [0.05, 0.1) is 25.3 Å². The maximum absolute atomic E-state index is 14.8. The second-order valence-corrected chi connectivity index (χ2v) is 13.3. The monoisotopic (exact) mass is 653 g/mol. The van der Waals surface area contributed by atoms with Gasteiger partial charge in [0.1, 0.15) is 5.75 Å². The molecule has 0 saturated heterocycles. The van der Waals surface area contributed by atoms with Gasteiger partial charge in [0.15, 0.2) is 5.78 Å². The number of halogens is 1. The predicted octanol–water partition coefficient (Wildman–Crippen LogP) is 9.05. The number of nitrogens with zero attached hydrogens (tertiary/aromatic N) is 2. The van der Waals surface area contributed by atoms with Gasteiger partial charge in [-0.15, -0.1) is 0 Å². The van der Waals surface area contributed by atoms with E-state index in [0.29, 0.717) is 30.1 Å². The molecule has 0 saturated carbocycles. The lowest BCUT2D eigenvalue weighted by molar-refractivity contribution is -0.118. The minimum atomic E-state index is -0.659. The maximum atomic E-state index is 14.8. The molecule has 0 fully saturated rings. The van der Waals surface area contributed by atoms with Crippen LogP contribution in [0.15, 0.2) is 97.2 Å². The minimum Gasteiger partial charge on any atom is -0.497 e. The van der Waals surface area contributed by atoms with Crippen molar-refractivity contribution in [1.29, 1.82) is 0 Å². The number of hydrogen-bond donors (Lipinski definition) is 1. The number of aromatic nitrogens is 2. The molecule has 1 aliphatic carbocycles. The largest absolute Gasteiger partial charge is 0.497 e. The number of amides is 1. The van der Waals surface area contributed by atoms with Crippen molar-refractivity contribution < 1.29 is 14.3 Å². The molecule has 240 valence electrons. The second kappa shape index (κ2) is 12.2. The first kappa shape index (κ1) is 30.3. The van der Waals surface area contributed by atoms with Gasteiger partial charge in [0.2, 0.25) is 5.91 Å². The van der Waals surface area contributed by atoms with Crippen molar-refractivity contribution in [2.75, 3.05) is 12.0 Å². The molecular weight excluding hydrogens is 618 g/mol. The first-order valence-electron chi connectivity index (χ1n) is 16.6. The zero-order chi connectivity index (χ0) is 32.9. The quantitative estimate of drug-likeness (QED) is 0.178. The fraction of sp³-hybridized carbons (Fsp3) is 0.220. The molecule has 1 amide bonds. The molecule has 6 aromatic rings. The number of rotatable bonds is 8. The Bertz CT molecular complexity index is 2200. The van der Waals surface area contributed by atoms with Gasteiger partial charge in [-0.05, 0) is 84.8 Å². The van der Waals surface area contributed by atoms with Crippen LogP contribution in [0.1, 0.15) is 62.6 Å². The molecule has 1 aliphatic heterocycles. The van der Waals surface area contributed by atoms with E-state index in [2.05, 4.69) is 53.0 Å². The van der Waals surface area contributed by atoms with Gasteiger partial charge in [-0.25, -0.2) is 0 Å². The number of aromatic amines is 1. The van der Waals surface area contributed by atoms with E-state index in [1.807, 2.05) is 65.6 Å². The van der Waals surface area contributed by atoms with Crippen LogP contribution in [0.2, 0.25) is 5.02 Å². The predicted molar refractivity (Wildman–Crippen MR) is 191 cm³/mol. The first-order valence-corrected chi connectivity index (χ1v) is 16.9. The third kappa shape index (κ3) is 5.12. The first-order chi connectivity index (χ1) is 23.4. The van der Waals surface area contributed by atoms with E-state index >= 15 is 0 Å². The number of ketones is 1. The molecule has 0 bridgehead atoms. The van der Waals surface area contributed by atoms with Crippen molar-refractivity contribution in [2.45, 2.75) is 51.6 Å². The summed E-state index contributed by atoms with van der Waals surface area (Å²) in [5.74, 6) is 0.222. The average Bonchev–Trinajstić information content (AvgIpc) is 3.74. The van der Waals surface area contributed by atoms with Gasteiger partial charge in [0.25, 0.3) is 0 Å². The molecule has 1 atom stereocenters. The molecule has 1 N–H and O–H groups in total. The highest BCUT2D eigenvalue weighted by Gasteiger charge is 2.44. The molecule has 48 heavy (non-hydrogen) atoms. The number of ether oxygens (including phenoxy) is 1. The highest BCUT2D eigenvalue weighted by molar-refractivity contribution is 6.31. The number of methoxy groups -OCH3 is 1. The Morgan fingerprint density at radius 1 is 0.938 bits per heavy atom. The van der Waals surface area contributed by atoms with Crippen LogP contribution in [-0.2, 0) is 30.7 Å². The number of carbonyl (C=O) groups is 2. The molecule has 3 heterocycles. The van der Waals surface area contributed by atoms with E-state index in [1.165, 1.54) is 5.56 Å². The number of fused-ring (bicyclic) bond motifs is 3. The molecule has 0 radical (unpaired) electrons. The number of nitrogens with one attached hydrogen (secondary N) is 1. The Morgan fingerprint density at radius 3 is 2.54 bits per heavy atom. The van der Waals surface area contributed by atoms with Gasteiger partial charge in [-0.2, -0.15) is 0 Å². The average molecular weight is 654 g/mol. The second-order valence-electron chi connectivity index (χ2n) is 12.9. The minimum absolute atomic E-state index is 0.0356. The standard InChI is InChI=1S/C41H36ClN3O3/c1-25-11-13-27(14-12-25)40-39(37-32-21-29(42)15-18-34(32)45(41(37)47)24-26-7-4-3-5-8-26)38-35(9-6-10-36(38)46)44(40)20-19-28-23-43-33-17-16-30(48-2)22-31(28)33/h3-5,7-8,11-18,21-23,37,43H,6,9-10,19-20,24H2,1-2H3. The van der Waals surface area contributed by atoms with Crippen LogP contribution in [0.3, 0.4) is 0 Å². The molecule has 0 spiro atoms. The zero-order valence-corrected chi connectivity index (χ0v) is 27.8. The molecular formula is C41H36ClN3O3. The lowest BCUT2D eigenvalue weighted by atomic mass is 9.83. The van der Waals surface area contributed by atoms with E-state index < -0.39 is 5.92 Å². The zero-order valence-electron chi connectivity index (χ0n) is 27.1. The number of carbonyl (C=O) groups excluding carboxylic acids is 2. The van der Waals surface area contributed by atoms with Crippen LogP contribution in [0, 0.1) is 6.92 Å². The van der Waals surface area contributed by atoms with Gasteiger partial charge < -0.3 is 19.2 Å². The summed E-state index contributed by atoms with van der Waals surface area (Å²) in [6.07, 6.45) is 4.84. The van der Waals surface area contributed by atoms with E-state index in [4.69, 9.17) is 16.3 Å². The van der Waals surface area contributed by atoms with Crippen molar-refractivity contribution in [3.8, 4) is 17.0 Å². The van der Waals surface area contributed by atoms with Crippen molar-refractivity contribution in [1.82, 2.24) is 9.55 Å². The van der Waals surface area contributed by atoms with Crippen LogP contribution in [-0.4, -0.2) is 28.4 Å². The van der Waals surface area contributed by atoms with Gasteiger partial charge in [-0.1, -0.05) is 71.8 Å². The third-order valence-electron chi connectivity index (χ3n) is 9.99. The summed E-state index contributed by atoms with van der Waals surface area (Å²) >= 11 is 6.65. The number of Topliss-reactive ketones (excluding diaryl/α,β-unsaturated/α-hetero) is 1. The van der Waals surface area contributed by atoms with Crippen molar-refractivity contribution in [3.05, 3.63) is 141 Å². The van der Waals surface area contributed by atoms with Crippen molar-refractivity contribution in [2.24, 2.45) is 0 Å². The molecule has 7 heteroatoms. The smallest absolute Gasteiger partial charge is 0.239 e. The van der Waals surface area contributed by atoms with Crippen LogP contribution in [0.4, 0.5) is 5.69 Å². The van der Waals surface area contributed by atoms with Crippen molar-refractivity contribution in [3.63, 3.8) is 0 Å².